The van der Waals surface area contributed by atoms with Gasteiger partial charge < -0.3 is 19.3 Å². The van der Waals surface area contributed by atoms with E-state index in [-0.39, 0.29) is 18.0 Å². The van der Waals surface area contributed by atoms with Gasteiger partial charge in [0.2, 0.25) is 6.29 Å². The van der Waals surface area contributed by atoms with E-state index >= 15 is 0 Å². The second-order valence-electron chi connectivity index (χ2n) is 6.69. The summed E-state index contributed by atoms with van der Waals surface area (Å²) in [6.07, 6.45) is 1.99. The quantitative estimate of drug-likeness (QED) is 0.619. The van der Waals surface area contributed by atoms with Crippen LogP contribution in [0.15, 0.2) is 0 Å². The lowest BCUT2D eigenvalue weighted by atomic mass is 9.65. The van der Waals surface area contributed by atoms with Crippen LogP contribution in [-0.4, -0.2) is 41.1 Å². The molecule has 0 aromatic heterocycles. The minimum absolute atomic E-state index is 0.0802. The molecule has 1 N–H and O–H groups in total. The Morgan fingerprint density at radius 1 is 1.33 bits per heavy atom. The van der Waals surface area contributed by atoms with Crippen molar-refractivity contribution < 1.29 is 28.9 Å². The first-order chi connectivity index (χ1) is 9.87. The van der Waals surface area contributed by atoms with Crippen molar-refractivity contribution in [2.24, 2.45) is 11.8 Å². The van der Waals surface area contributed by atoms with E-state index in [0.29, 0.717) is 18.8 Å². The summed E-state index contributed by atoms with van der Waals surface area (Å²) in [5.41, 5.74) is -0.443. The summed E-state index contributed by atoms with van der Waals surface area (Å²) in [6.45, 7) is 3.01. The van der Waals surface area contributed by atoms with Crippen molar-refractivity contribution in [1.82, 2.24) is 0 Å². The van der Waals surface area contributed by atoms with Crippen molar-refractivity contribution in [3.8, 4) is 0 Å². The van der Waals surface area contributed by atoms with E-state index in [9.17, 15) is 14.7 Å². The van der Waals surface area contributed by atoms with E-state index in [1.165, 1.54) is 6.92 Å². The Morgan fingerprint density at radius 3 is 2.81 bits per heavy atom. The Labute approximate surface area is 123 Å². The second-order valence-corrected chi connectivity index (χ2v) is 6.69. The Balaban J connectivity index is 1.70. The highest BCUT2D eigenvalue weighted by Crippen LogP contribution is 2.51. The number of esters is 2. The molecule has 4 aliphatic rings. The molecule has 0 amide bonds. The van der Waals surface area contributed by atoms with Gasteiger partial charge in [-0.15, -0.1) is 0 Å². The lowest BCUT2D eigenvalue weighted by Gasteiger charge is -2.46. The number of carbonyl (C=O) groups excluding carboxylic acids is 2. The molecule has 0 aromatic rings. The lowest BCUT2D eigenvalue weighted by molar-refractivity contribution is -0.233. The number of aliphatic hydroxyl groups is 1. The molecule has 6 heteroatoms. The predicted octanol–water partition coefficient (Wildman–Crippen LogP) is 1.15. The molecule has 2 aliphatic carbocycles. The van der Waals surface area contributed by atoms with Gasteiger partial charge in [0.05, 0.1) is 11.5 Å². The van der Waals surface area contributed by atoms with Gasteiger partial charge in [-0.3, -0.25) is 4.79 Å². The van der Waals surface area contributed by atoms with Gasteiger partial charge in [-0.1, -0.05) is 0 Å². The highest BCUT2D eigenvalue weighted by Gasteiger charge is 2.54. The minimum Gasteiger partial charge on any atom is -0.462 e. The normalized spacial score (nSPS) is 40.3. The van der Waals surface area contributed by atoms with Gasteiger partial charge in [-0.25, -0.2) is 4.79 Å². The molecule has 118 valence electrons. The summed E-state index contributed by atoms with van der Waals surface area (Å²) in [7, 11) is 0. The SMILES string of the molecule is CC(OC(=O)C(C)O)OC12CC3CC(C1)OC(=O)C(C3)C2. The Morgan fingerprint density at radius 2 is 2.10 bits per heavy atom. The van der Waals surface area contributed by atoms with E-state index in [0.717, 1.165) is 19.3 Å². The van der Waals surface area contributed by atoms with Gasteiger partial charge in [0, 0.05) is 6.42 Å². The first kappa shape index (κ1) is 14.8. The second kappa shape index (κ2) is 5.25. The molecular weight excluding hydrogens is 276 g/mol. The maximum absolute atomic E-state index is 12.0. The molecule has 6 nitrogen and oxygen atoms in total. The molecule has 2 saturated heterocycles. The summed E-state index contributed by atoms with van der Waals surface area (Å²) in [4.78, 5) is 23.4. The summed E-state index contributed by atoms with van der Waals surface area (Å²) >= 11 is 0. The van der Waals surface area contributed by atoms with Crippen LogP contribution in [0.3, 0.4) is 0 Å². The molecule has 4 fully saturated rings. The van der Waals surface area contributed by atoms with Gasteiger partial charge in [-0.2, -0.15) is 0 Å². The highest BCUT2D eigenvalue weighted by atomic mass is 16.7. The van der Waals surface area contributed by atoms with Gasteiger partial charge >= 0.3 is 11.9 Å². The zero-order valence-corrected chi connectivity index (χ0v) is 12.4. The van der Waals surface area contributed by atoms with Crippen LogP contribution in [-0.2, 0) is 23.8 Å². The van der Waals surface area contributed by atoms with Gasteiger partial charge in [0.25, 0.3) is 0 Å². The minimum atomic E-state index is -1.17. The maximum Gasteiger partial charge on any atom is 0.336 e. The van der Waals surface area contributed by atoms with Gasteiger partial charge in [0.15, 0.2) is 0 Å². The van der Waals surface area contributed by atoms with Crippen molar-refractivity contribution in [3.63, 3.8) is 0 Å². The van der Waals surface area contributed by atoms with E-state index in [2.05, 4.69) is 0 Å². The predicted molar refractivity (Wildman–Crippen MR) is 71.0 cm³/mol. The van der Waals surface area contributed by atoms with Gasteiger partial charge in [-0.05, 0) is 45.4 Å². The fraction of sp³-hybridized carbons (Fsp3) is 0.867. The molecule has 6 atom stereocenters. The van der Waals surface area contributed by atoms with Crippen molar-refractivity contribution in [2.75, 3.05) is 0 Å². The maximum atomic E-state index is 12.0. The molecular formula is C15H22O6. The van der Waals surface area contributed by atoms with Crippen LogP contribution in [0.25, 0.3) is 0 Å². The van der Waals surface area contributed by atoms with Crippen LogP contribution in [0.2, 0.25) is 0 Å². The molecule has 2 aliphatic heterocycles. The summed E-state index contributed by atoms with van der Waals surface area (Å²) in [5, 5.41) is 9.18. The molecule has 0 radical (unpaired) electrons. The number of fused-ring (bicyclic) bond motifs is 1. The first-order valence-electron chi connectivity index (χ1n) is 7.64. The summed E-state index contributed by atoms with van der Waals surface area (Å²) in [5.74, 6) is -0.469. The fourth-order valence-corrected chi connectivity index (χ4v) is 4.16. The number of hydrogen-bond acceptors (Lipinski definition) is 6. The van der Waals surface area contributed by atoms with E-state index in [1.54, 1.807) is 6.92 Å². The smallest absolute Gasteiger partial charge is 0.336 e. The van der Waals surface area contributed by atoms with E-state index < -0.39 is 24.0 Å². The molecule has 0 spiro atoms. The van der Waals surface area contributed by atoms with Gasteiger partial charge in [0.1, 0.15) is 12.2 Å². The third-order valence-corrected chi connectivity index (χ3v) is 4.75. The Kier molecular flexibility index (Phi) is 3.69. The molecule has 2 saturated carbocycles. The average molecular weight is 298 g/mol. The number of aliphatic hydroxyl groups excluding tert-OH is 1. The summed E-state index contributed by atoms with van der Waals surface area (Å²) < 4.78 is 16.6. The van der Waals surface area contributed by atoms with Crippen LogP contribution < -0.4 is 0 Å². The molecule has 4 rings (SSSR count). The number of carbonyl (C=O) groups is 2. The van der Waals surface area contributed by atoms with Crippen LogP contribution in [0.1, 0.15) is 46.0 Å². The van der Waals surface area contributed by atoms with Crippen molar-refractivity contribution in [1.29, 1.82) is 0 Å². The third-order valence-electron chi connectivity index (χ3n) is 4.75. The van der Waals surface area contributed by atoms with E-state index in [4.69, 9.17) is 14.2 Å². The largest absolute Gasteiger partial charge is 0.462 e. The lowest BCUT2D eigenvalue weighted by Crippen LogP contribution is -2.49. The standard InChI is InChI=1S/C15H22O6/c1-8(16)13(17)19-9(2)21-15-5-10-3-11(6-15)14(18)20-12(4-10)7-15/h8-12,16H,3-7H2,1-2H3. The van der Waals surface area contributed by atoms with Crippen molar-refractivity contribution >= 4 is 11.9 Å². The number of ether oxygens (including phenoxy) is 3. The van der Waals surface area contributed by atoms with Crippen molar-refractivity contribution in [3.05, 3.63) is 0 Å². The fourth-order valence-electron chi connectivity index (χ4n) is 4.16. The molecule has 4 bridgehead atoms. The molecule has 6 unspecified atom stereocenters. The third kappa shape index (κ3) is 2.92. The van der Waals surface area contributed by atoms with Crippen LogP contribution in [0, 0.1) is 11.8 Å². The number of rotatable bonds is 4. The van der Waals surface area contributed by atoms with Crippen molar-refractivity contribution in [2.45, 2.75) is 70.1 Å². The van der Waals surface area contributed by atoms with Crippen LogP contribution in [0.5, 0.6) is 0 Å². The first-order valence-corrected chi connectivity index (χ1v) is 7.64. The monoisotopic (exact) mass is 298 g/mol. The average Bonchev–Trinajstić information content (AvgIpc) is 2.51. The molecule has 21 heavy (non-hydrogen) atoms. The number of hydrogen-bond donors (Lipinski definition) is 1. The Bertz CT molecular complexity index is 447. The topological polar surface area (TPSA) is 82.1 Å². The summed E-state index contributed by atoms with van der Waals surface area (Å²) in [6, 6.07) is 0. The van der Waals surface area contributed by atoms with Crippen LogP contribution >= 0.6 is 0 Å². The Hall–Kier alpha value is -1.14. The molecule has 0 aromatic carbocycles. The van der Waals surface area contributed by atoms with E-state index in [1.807, 2.05) is 0 Å². The molecule has 2 heterocycles. The highest BCUT2D eigenvalue weighted by molar-refractivity contribution is 5.74. The van der Waals surface area contributed by atoms with Crippen LogP contribution in [0.4, 0.5) is 0 Å². The zero-order valence-electron chi connectivity index (χ0n) is 12.4. The zero-order chi connectivity index (χ0) is 15.2.